The van der Waals surface area contributed by atoms with E-state index in [1.165, 1.54) is 12.8 Å². The zero-order valence-electron chi connectivity index (χ0n) is 10.6. The fourth-order valence-electron chi connectivity index (χ4n) is 2.47. The highest BCUT2D eigenvalue weighted by Gasteiger charge is 2.20. The smallest absolute Gasteiger partial charge is 0.319 e. The molecule has 2 rings (SSSR count). The van der Waals surface area contributed by atoms with Crippen molar-refractivity contribution in [3.63, 3.8) is 0 Å². The van der Waals surface area contributed by atoms with Gasteiger partial charge in [-0.05, 0) is 46.8 Å². The first-order valence-electron chi connectivity index (χ1n) is 6.47. The minimum atomic E-state index is -0.110. The molecule has 0 radical (unpaired) electrons. The van der Waals surface area contributed by atoms with Crippen LogP contribution in [-0.2, 0) is 0 Å². The second kappa shape index (κ2) is 6.23. The maximum absolute atomic E-state index is 11.9. The Morgan fingerprint density at radius 3 is 2.83 bits per heavy atom. The molecule has 0 spiro atoms. The van der Waals surface area contributed by atoms with Gasteiger partial charge in [0.15, 0.2) is 0 Å². The number of benzene rings is 1. The molecule has 98 valence electrons. The third-order valence-electron chi connectivity index (χ3n) is 3.39. The molecule has 2 atom stereocenters. The van der Waals surface area contributed by atoms with Crippen LogP contribution in [0.5, 0.6) is 0 Å². The average Bonchev–Trinajstić information content (AvgIpc) is 2.32. The highest BCUT2D eigenvalue weighted by molar-refractivity contribution is 9.10. The van der Waals surface area contributed by atoms with Crippen molar-refractivity contribution in [1.29, 1.82) is 0 Å². The van der Waals surface area contributed by atoms with Crippen molar-refractivity contribution in [1.82, 2.24) is 5.32 Å². The fourth-order valence-corrected chi connectivity index (χ4v) is 2.86. The Balaban J connectivity index is 1.87. The molecule has 1 aliphatic carbocycles. The van der Waals surface area contributed by atoms with Gasteiger partial charge in [0, 0.05) is 10.5 Å². The number of nitrogens with one attached hydrogen (secondary N) is 2. The molecule has 1 fully saturated rings. The molecule has 1 aromatic rings. The number of rotatable bonds is 2. The highest BCUT2D eigenvalue weighted by Crippen LogP contribution is 2.24. The van der Waals surface area contributed by atoms with Crippen molar-refractivity contribution in [2.24, 2.45) is 5.92 Å². The second-order valence-electron chi connectivity index (χ2n) is 5.05. The SMILES string of the molecule is C[C@H]1CCC[C@@H](NC(=O)Nc2ccccc2Br)C1. The summed E-state index contributed by atoms with van der Waals surface area (Å²) >= 11 is 3.42. The van der Waals surface area contributed by atoms with E-state index in [1.807, 2.05) is 24.3 Å². The number of hydrogen-bond donors (Lipinski definition) is 2. The lowest BCUT2D eigenvalue weighted by atomic mass is 9.87. The molecule has 1 aromatic carbocycles. The molecule has 0 bridgehead atoms. The van der Waals surface area contributed by atoms with Gasteiger partial charge in [0.2, 0.25) is 0 Å². The Bertz CT molecular complexity index is 422. The number of carbonyl (C=O) groups is 1. The van der Waals surface area contributed by atoms with Crippen molar-refractivity contribution in [2.45, 2.75) is 38.6 Å². The van der Waals surface area contributed by atoms with Crippen LogP contribution in [0.15, 0.2) is 28.7 Å². The van der Waals surface area contributed by atoms with Crippen molar-refractivity contribution in [3.05, 3.63) is 28.7 Å². The van der Waals surface area contributed by atoms with Gasteiger partial charge in [-0.15, -0.1) is 0 Å². The number of amides is 2. The van der Waals surface area contributed by atoms with E-state index in [4.69, 9.17) is 0 Å². The van der Waals surface area contributed by atoms with Gasteiger partial charge in [0.25, 0.3) is 0 Å². The number of halogens is 1. The van der Waals surface area contributed by atoms with Crippen LogP contribution >= 0.6 is 15.9 Å². The summed E-state index contributed by atoms with van der Waals surface area (Å²) in [5.41, 5.74) is 0.804. The van der Waals surface area contributed by atoms with Crippen LogP contribution in [-0.4, -0.2) is 12.1 Å². The molecular weight excluding hydrogens is 292 g/mol. The van der Waals surface area contributed by atoms with Crippen LogP contribution in [0.3, 0.4) is 0 Å². The molecule has 0 unspecified atom stereocenters. The minimum Gasteiger partial charge on any atom is -0.335 e. The van der Waals surface area contributed by atoms with Gasteiger partial charge in [-0.3, -0.25) is 0 Å². The summed E-state index contributed by atoms with van der Waals surface area (Å²) in [7, 11) is 0. The molecule has 1 saturated carbocycles. The van der Waals surface area contributed by atoms with Gasteiger partial charge < -0.3 is 10.6 Å². The molecule has 2 amide bonds. The summed E-state index contributed by atoms with van der Waals surface area (Å²) in [5.74, 6) is 0.715. The van der Waals surface area contributed by atoms with Crippen LogP contribution in [0.1, 0.15) is 32.6 Å². The van der Waals surface area contributed by atoms with Crippen molar-refractivity contribution in [2.75, 3.05) is 5.32 Å². The van der Waals surface area contributed by atoms with Crippen LogP contribution in [0.2, 0.25) is 0 Å². The van der Waals surface area contributed by atoms with Gasteiger partial charge >= 0.3 is 6.03 Å². The van der Waals surface area contributed by atoms with Gasteiger partial charge in [0.1, 0.15) is 0 Å². The zero-order chi connectivity index (χ0) is 13.0. The lowest BCUT2D eigenvalue weighted by Crippen LogP contribution is -2.40. The van der Waals surface area contributed by atoms with Gasteiger partial charge in [0.05, 0.1) is 5.69 Å². The second-order valence-corrected chi connectivity index (χ2v) is 5.90. The molecule has 4 heteroatoms. The Kier molecular flexibility index (Phi) is 4.64. The first-order chi connectivity index (χ1) is 8.65. The molecule has 0 heterocycles. The van der Waals surface area contributed by atoms with Gasteiger partial charge in [-0.2, -0.15) is 0 Å². The summed E-state index contributed by atoms with van der Waals surface area (Å²) in [6, 6.07) is 7.84. The lowest BCUT2D eigenvalue weighted by molar-refractivity contribution is 0.238. The molecule has 3 nitrogen and oxygen atoms in total. The van der Waals surface area contributed by atoms with Gasteiger partial charge in [-0.1, -0.05) is 31.9 Å². The van der Waals surface area contributed by atoms with E-state index in [0.29, 0.717) is 12.0 Å². The Morgan fingerprint density at radius 1 is 1.33 bits per heavy atom. The normalized spacial score (nSPS) is 23.4. The summed E-state index contributed by atoms with van der Waals surface area (Å²) in [4.78, 5) is 11.9. The number of urea groups is 1. The minimum absolute atomic E-state index is 0.110. The van der Waals surface area contributed by atoms with Crippen LogP contribution in [0.25, 0.3) is 0 Å². The Labute approximate surface area is 116 Å². The van der Waals surface area contributed by atoms with E-state index in [2.05, 4.69) is 33.5 Å². The molecule has 18 heavy (non-hydrogen) atoms. The molecular formula is C14H19BrN2O. The number of para-hydroxylation sites is 1. The topological polar surface area (TPSA) is 41.1 Å². The molecule has 0 saturated heterocycles. The number of anilines is 1. The van der Waals surface area contributed by atoms with Crippen LogP contribution < -0.4 is 10.6 Å². The zero-order valence-corrected chi connectivity index (χ0v) is 12.2. The Hall–Kier alpha value is -1.03. The first kappa shape index (κ1) is 13.4. The predicted octanol–water partition coefficient (Wildman–Crippen LogP) is 4.15. The van der Waals surface area contributed by atoms with Crippen LogP contribution in [0, 0.1) is 5.92 Å². The molecule has 1 aliphatic rings. The third-order valence-corrected chi connectivity index (χ3v) is 4.09. The maximum Gasteiger partial charge on any atom is 0.319 e. The van der Waals surface area contributed by atoms with Crippen LogP contribution in [0.4, 0.5) is 10.5 Å². The highest BCUT2D eigenvalue weighted by atomic mass is 79.9. The van der Waals surface area contributed by atoms with Gasteiger partial charge in [-0.25, -0.2) is 4.79 Å². The fraction of sp³-hybridized carbons (Fsp3) is 0.500. The summed E-state index contributed by atoms with van der Waals surface area (Å²) in [5, 5.41) is 5.93. The summed E-state index contributed by atoms with van der Waals surface area (Å²) in [6.07, 6.45) is 4.67. The van der Waals surface area contributed by atoms with E-state index in [-0.39, 0.29) is 6.03 Å². The van der Waals surface area contributed by atoms with E-state index in [9.17, 15) is 4.79 Å². The third kappa shape index (κ3) is 3.73. The predicted molar refractivity (Wildman–Crippen MR) is 77.7 cm³/mol. The first-order valence-corrected chi connectivity index (χ1v) is 7.26. The van der Waals surface area contributed by atoms with Crippen molar-refractivity contribution in [3.8, 4) is 0 Å². The largest absolute Gasteiger partial charge is 0.335 e. The Morgan fingerprint density at radius 2 is 2.11 bits per heavy atom. The molecule has 0 aromatic heterocycles. The monoisotopic (exact) mass is 310 g/mol. The summed E-state index contributed by atoms with van der Waals surface area (Å²) < 4.78 is 0.900. The molecule has 2 N–H and O–H groups in total. The average molecular weight is 311 g/mol. The van der Waals surface area contributed by atoms with Crippen molar-refractivity contribution >= 4 is 27.6 Å². The molecule has 0 aliphatic heterocycles. The number of carbonyl (C=O) groups excluding carboxylic acids is 1. The number of hydrogen-bond acceptors (Lipinski definition) is 1. The standard InChI is InChI=1S/C14H19BrN2O/c1-10-5-4-6-11(9-10)16-14(18)17-13-8-3-2-7-12(13)15/h2-3,7-8,10-11H,4-6,9H2,1H3,(H2,16,17,18)/t10-,11+/m0/s1. The van der Waals surface area contributed by atoms with E-state index >= 15 is 0 Å². The lowest BCUT2D eigenvalue weighted by Gasteiger charge is -2.27. The van der Waals surface area contributed by atoms with E-state index in [0.717, 1.165) is 23.0 Å². The quantitative estimate of drug-likeness (QED) is 0.846. The van der Waals surface area contributed by atoms with E-state index < -0.39 is 0 Å². The maximum atomic E-state index is 11.9. The van der Waals surface area contributed by atoms with Crippen molar-refractivity contribution < 1.29 is 4.79 Å². The summed E-state index contributed by atoms with van der Waals surface area (Å²) in [6.45, 7) is 2.25. The van der Waals surface area contributed by atoms with E-state index in [1.54, 1.807) is 0 Å².